The van der Waals surface area contributed by atoms with Crippen molar-refractivity contribution < 1.29 is 8.42 Å². The highest BCUT2D eigenvalue weighted by atomic mass is 32.2. The average Bonchev–Trinajstić information content (AvgIpc) is 2.26. The lowest BCUT2D eigenvalue weighted by molar-refractivity contribution is 0.592. The van der Waals surface area contributed by atoms with E-state index in [1.165, 1.54) is 6.07 Å². The predicted octanol–water partition coefficient (Wildman–Crippen LogP) is 2.10. The maximum absolute atomic E-state index is 11.2. The van der Waals surface area contributed by atoms with Crippen LogP contribution in [0.25, 0.3) is 0 Å². The summed E-state index contributed by atoms with van der Waals surface area (Å²) in [6.45, 7) is 7.03. The maximum Gasteiger partial charge on any atom is 0.238 e. The lowest BCUT2D eigenvalue weighted by atomic mass is 10.1. The molecule has 1 aromatic carbocycles. The molecule has 0 radical (unpaired) electrons. The lowest BCUT2D eigenvalue weighted by Crippen LogP contribution is -2.14. The number of benzene rings is 1. The van der Waals surface area contributed by atoms with E-state index in [0.717, 1.165) is 24.2 Å². The summed E-state index contributed by atoms with van der Waals surface area (Å²) in [5.41, 5.74) is 1.84. The molecule has 0 saturated heterocycles. The molecule has 0 aliphatic carbocycles. The van der Waals surface area contributed by atoms with Crippen molar-refractivity contribution in [2.24, 2.45) is 11.1 Å². The largest absolute Gasteiger partial charge is 0.385 e. The van der Waals surface area contributed by atoms with Gasteiger partial charge in [-0.05, 0) is 30.5 Å². The number of nitrogens with one attached hydrogen (secondary N) is 1. The van der Waals surface area contributed by atoms with Gasteiger partial charge in [0.05, 0.1) is 4.90 Å². The highest BCUT2D eigenvalue weighted by molar-refractivity contribution is 7.89. The fraction of sp³-hybridized carbons (Fsp3) is 0.500. The number of nitrogens with two attached hydrogens (primary N) is 1. The van der Waals surface area contributed by atoms with Gasteiger partial charge >= 0.3 is 0 Å². The Hall–Kier alpha value is -1.07. The molecule has 1 rings (SSSR count). The smallest absolute Gasteiger partial charge is 0.238 e. The third-order valence-corrected chi connectivity index (χ3v) is 3.79. The molecule has 3 N–H and O–H groups in total. The molecule has 0 bridgehead atoms. The van der Waals surface area contributed by atoms with E-state index < -0.39 is 10.0 Å². The molecule has 1 atom stereocenters. The van der Waals surface area contributed by atoms with Gasteiger partial charge in [-0.15, -0.1) is 0 Å². The quantitative estimate of drug-likeness (QED) is 0.847. The number of rotatable bonds is 5. The van der Waals surface area contributed by atoms with Crippen LogP contribution < -0.4 is 10.5 Å². The van der Waals surface area contributed by atoms with Crippen molar-refractivity contribution in [3.63, 3.8) is 0 Å². The molecule has 0 amide bonds. The number of sulfonamides is 1. The summed E-state index contributed by atoms with van der Waals surface area (Å²) in [7, 11) is -3.63. The molecule has 1 aromatic rings. The van der Waals surface area contributed by atoms with Crippen LogP contribution in [0.4, 0.5) is 5.69 Å². The van der Waals surface area contributed by atoms with E-state index in [-0.39, 0.29) is 4.90 Å². The van der Waals surface area contributed by atoms with Crippen LogP contribution in [0.1, 0.15) is 25.8 Å². The van der Waals surface area contributed by atoms with Crippen molar-refractivity contribution in [2.75, 3.05) is 11.9 Å². The topological polar surface area (TPSA) is 72.2 Å². The summed E-state index contributed by atoms with van der Waals surface area (Å²) in [5.74, 6) is 0.549. The summed E-state index contributed by atoms with van der Waals surface area (Å²) >= 11 is 0. The number of primary sulfonamides is 1. The van der Waals surface area contributed by atoms with Crippen LogP contribution in [0.2, 0.25) is 0 Å². The van der Waals surface area contributed by atoms with Crippen LogP contribution in [0.3, 0.4) is 0 Å². The van der Waals surface area contributed by atoms with E-state index >= 15 is 0 Å². The van der Waals surface area contributed by atoms with E-state index in [0.29, 0.717) is 5.92 Å². The third-order valence-electron chi connectivity index (χ3n) is 2.88. The summed E-state index contributed by atoms with van der Waals surface area (Å²) in [5, 5.41) is 8.36. The minimum absolute atomic E-state index is 0.148. The molecule has 0 fully saturated rings. The van der Waals surface area contributed by atoms with Gasteiger partial charge in [-0.1, -0.05) is 26.3 Å². The van der Waals surface area contributed by atoms with Gasteiger partial charge in [0.1, 0.15) is 0 Å². The monoisotopic (exact) mass is 256 g/mol. The standard InChI is InChI=1S/C12H20N2O2S/c1-4-9(2)8-14-12-7-11(17(13,15)16)6-5-10(12)3/h5-7,9,14H,4,8H2,1-3H3,(H2,13,15,16). The highest BCUT2D eigenvalue weighted by Gasteiger charge is 2.10. The van der Waals surface area contributed by atoms with E-state index in [9.17, 15) is 8.42 Å². The molecule has 0 aliphatic rings. The second kappa shape index (κ2) is 5.51. The Bertz CT molecular complexity index is 483. The molecule has 4 nitrogen and oxygen atoms in total. The first kappa shape index (κ1) is 14.0. The Morgan fingerprint density at radius 3 is 2.59 bits per heavy atom. The van der Waals surface area contributed by atoms with Crippen LogP contribution >= 0.6 is 0 Å². The van der Waals surface area contributed by atoms with Crippen molar-refractivity contribution in [1.82, 2.24) is 0 Å². The van der Waals surface area contributed by atoms with Crippen molar-refractivity contribution in [2.45, 2.75) is 32.1 Å². The number of hydrogen-bond donors (Lipinski definition) is 2. The minimum Gasteiger partial charge on any atom is -0.385 e. The van der Waals surface area contributed by atoms with E-state index in [2.05, 4.69) is 19.2 Å². The van der Waals surface area contributed by atoms with Gasteiger partial charge in [0.15, 0.2) is 0 Å². The van der Waals surface area contributed by atoms with Crippen LogP contribution in [-0.4, -0.2) is 15.0 Å². The van der Waals surface area contributed by atoms with E-state index in [4.69, 9.17) is 5.14 Å². The first-order valence-electron chi connectivity index (χ1n) is 5.72. The Morgan fingerprint density at radius 2 is 2.06 bits per heavy atom. The number of anilines is 1. The van der Waals surface area contributed by atoms with Crippen LogP contribution in [0.15, 0.2) is 23.1 Å². The number of aryl methyl sites for hydroxylation is 1. The highest BCUT2D eigenvalue weighted by Crippen LogP contribution is 2.19. The van der Waals surface area contributed by atoms with Gasteiger partial charge in [0.2, 0.25) is 10.0 Å². The maximum atomic E-state index is 11.2. The molecule has 0 spiro atoms. The van der Waals surface area contributed by atoms with E-state index in [1.54, 1.807) is 12.1 Å². The summed E-state index contributed by atoms with van der Waals surface area (Å²) in [4.78, 5) is 0.148. The molecular weight excluding hydrogens is 236 g/mol. The fourth-order valence-electron chi connectivity index (χ4n) is 1.40. The van der Waals surface area contributed by atoms with Crippen molar-refractivity contribution >= 4 is 15.7 Å². The Balaban J connectivity index is 2.92. The lowest BCUT2D eigenvalue weighted by Gasteiger charge is -2.14. The van der Waals surface area contributed by atoms with Crippen LogP contribution in [-0.2, 0) is 10.0 Å². The van der Waals surface area contributed by atoms with Gasteiger partial charge in [-0.3, -0.25) is 0 Å². The fourth-order valence-corrected chi connectivity index (χ4v) is 1.94. The zero-order valence-corrected chi connectivity index (χ0v) is 11.3. The normalized spacial score (nSPS) is 13.4. The molecule has 1 unspecified atom stereocenters. The first-order valence-corrected chi connectivity index (χ1v) is 7.26. The molecule has 0 aliphatic heterocycles. The minimum atomic E-state index is -3.63. The molecule has 17 heavy (non-hydrogen) atoms. The number of hydrogen-bond acceptors (Lipinski definition) is 3. The predicted molar refractivity (Wildman–Crippen MR) is 70.5 cm³/mol. The summed E-state index contributed by atoms with van der Waals surface area (Å²) < 4.78 is 22.5. The zero-order valence-electron chi connectivity index (χ0n) is 10.5. The SMILES string of the molecule is CCC(C)CNc1cc(S(N)(=O)=O)ccc1C. The van der Waals surface area contributed by atoms with Gasteiger partial charge in [0.25, 0.3) is 0 Å². The van der Waals surface area contributed by atoms with Gasteiger partial charge < -0.3 is 5.32 Å². The van der Waals surface area contributed by atoms with Gasteiger partial charge in [0, 0.05) is 12.2 Å². The van der Waals surface area contributed by atoms with Gasteiger partial charge in [-0.25, -0.2) is 13.6 Å². The Morgan fingerprint density at radius 1 is 1.41 bits per heavy atom. The molecule has 96 valence electrons. The van der Waals surface area contributed by atoms with Crippen LogP contribution in [0.5, 0.6) is 0 Å². The summed E-state index contributed by atoms with van der Waals surface area (Å²) in [6, 6.07) is 4.88. The average molecular weight is 256 g/mol. The molecule has 0 aromatic heterocycles. The van der Waals surface area contributed by atoms with E-state index in [1.807, 2.05) is 6.92 Å². The Kier molecular flexibility index (Phi) is 4.54. The van der Waals surface area contributed by atoms with Crippen molar-refractivity contribution in [3.05, 3.63) is 23.8 Å². The second-order valence-electron chi connectivity index (χ2n) is 4.42. The molecule has 5 heteroatoms. The van der Waals surface area contributed by atoms with Crippen LogP contribution in [0, 0.1) is 12.8 Å². The van der Waals surface area contributed by atoms with Gasteiger partial charge in [-0.2, -0.15) is 0 Å². The zero-order chi connectivity index (χ0) is 13.1. The molecule has 0 saturated carbocycles. The summed E-state index contributed by atoms with van der Waals surface area (Å²) in [6.07, 6.45) is 1.08. The van der Waals surface area contributed by atoms with Crippen molar-refractivity contribution in [1.29, 1.82) is 0 Å². The first-order chi connectivity index (χ1) is 7.84. The molecule has 0 heterocycles. The Labute approximate surface area is 103 Å². The van der Waals surface area contributed by atoms with Crippen molar-refractivity contribution in [3.8, 4) is 0 Å². The second-order valence-corrected chi connectivity index (χ2v) is 5.98. The molecular formula is C12H20N2O2S. The third kappa shape index (κ3) is 4.02.